The van der Waals surface area contributed by atoms with Gasteiger partial charge in [-0.25, -0.2) is 0 Å². The van der Waals surface area contributed by atoms with E-state index in [9.17, 15) is 0 Å². The fourth-order valence-corrected chi connectivity index (χ4v) is 1.88. The van der Waals surface area contributed by atoms with Crippen LogP contribution in [0.15, 0.2) is 24.3 Å². The van der Waals surface area contributed by atoms with Gasteiger partial charge in [0, 0.05) is 5.92 Å². The zero-order valence-electron chi connectivity index (χ0n) is 9.28. The smallest absolute Gasteiger partial charge is 0.122 e. The Hall–Kier alpha value is -1.02. The molecule has 0 aromatic heterocycles. The number of rotatable bonds is 5. The SMILES string of the molecule is Cc1ccccc1OCC(CN)C1CC1. The van der Waals surface area contributed by atoms with Gasteiger partial charge in [0.2, 0.25) is 0 Å². The van der Waals surface area contributed by atoms with Crippen molar-refractivity contribution < 1.29 is 4.74 Å². The first-order valence-corrected chi connectivity index (χ1v) is 5.69. The van der Waals surface area contributed by atoms with Gasteiger partial charge in [-0.2, -0.15) is 0 Å². The lowest BCUT2D eigenvalue weighted by atomic mass is 10.1. The molecule has 1 aliphatic rings. The molecule has 0 radical (unpaired) electrons. The van der Waals surface area contributed by atoms with E-state index in [1.165, 1.54) is 18.4 Å². The van der Waals surface area contributed by atoms with Crippen molar-refractivity contribution in [3.8, 4) is 5.75 Å². The van der Waals surface area contributed by atoms with Crippen molar-refractivity contribution in [3.05, 3.63) is 29.8 Å². The van der Waals surface area contributed by atoms with Crippen LogP contribution in [-0.2, 0) is 0 Å². The first-order chi connectivity index (χ1) is 7.31. The van der Waals surface area contributed by atoms with E-state index in [2.05, 4.69) is 13.0 Å². The average molecular weight is 205 g/mol. The van der Waals surface area contributed by atoms with Crippen LogP contribution in [0.1, 0.15) is 18.4 Å². The van der Waals surface area contributed by atoms with Crippen LogP contribution in [0.25, 0.3) is 0 Å². The molecule has 2 rings (SSSR count). The molecule has 1 unspecified atom stereocenters. The Morgan fingerprint density at radius 1 is 1.40 bits per heavy atom. The highest BCUT2D eigenvalue weighted by Gasteiger charge is 2.30. The minimum Gasteiger partial charge on any atom is -0.493 e. The molecule has 0 amide bonds. The van der Waals surface area contributed by atoms with Crippen molar-refractivity contribution in [2.24, 2.45) is 17.6 Å². The van der Waals surface area contributed by atoms with E-state index < -0.39 is 0 Å². The third-order valence-electron chi connectivity index (χ3n) is 3.14. The summed E-state index contributed by atoms with van der Waals surface area (Å²) in [5, 5.41) is 0. The Labute approximate surface area is 91.4 Å². The van der Waals surface area contributed by atoms with Gasteiger partial charge in [-0.3, -0.25) is 0 Å². The molecule has 0 heterocycles. The summed E-state index contributed by atoms with van der Waals surface area (Å²) < 4.78 is 5.81. The van der Waals surface area contributed by atoms with Crippen molar-refractivity contribution in [2.45, 2.75) is 19.8 Å². The predicted octanol–water partition coefficient (Wildman–Crippen LogP) is 2.36. The molecule has 1 aromatic rings. The zero-order valence-corrected chi connectivity index (χ0v) is 9.28. The minimum absolute atomic E-state index is 0.546. The van der Waals surface area contributed by atoms with E-state index in [0.29, 0.717) is 5.92 Å². The van der Waals surface area contributed by atoms with Gasteiger partial charge in [0.15, 0.2) is 0 Å². The fraction of sp³-hybridized carbons (Fsp3) is 0.538. The summed E-state index contributed by atoms with van der Waals surface area (Å²) in [5.41, 5.74) is 6.93. The lowest BCUT2D eigenvalue weighted by Gasteiger charge is -2.15. The number of benzene rings is 1. The van der Waals surface area contributed by atoms with Crippen LogP contribution in [0.4, 0.5) is 0 Å². The molecule has 1 atom stereocenters. The first kappa shape index (κ1) is 10.5. The van der Waals surface area contributed by atoms with Gasteiger partial charge in [0.1, 0.15) is 5.75 Å². The normalized spacial score (nSPS) is 17.5. The monoisotopic (exact) mass is 205 g/mol. The quantitative estimate of drug-likeness (QED) is 0.801. The molecule has 0 spiro atoms. The minimum atomic E-state index is 0.546. The number of aryl methyl sites for hydroxylation is 1. The maximum atomic E-state index is 5.81. The molecule has 0 aliphatic heterocycles. The van der Waals surface area contributed by atoms with E-state index in [0.717, 1.165) is 24.8 Å². The number of ether oxygens (including phenoxy) is 1. The van der Waals surface area contributed by atoms with E-state index in [1.807, 2.05) is 18.2 Å². The van der Waals surface area contributed by atoms with Crippen molar-refractivity contribution in [2.75, 3.05) is 13.2 Å². The molecule has 82 valence electrons. The summed E-state index contributed by atoms with van der Waals surface area (Å²) in [6, 6.07) is 8.14. The average Bonchev–Trinajstić information content (AvgIpc) is 3.06. The summed E-state index contributed by atoms with van der Waals surface area (Å²) in [7, 11) is 0. The molecule has 0 saturated heterocycles. The van der Waals surface area contributed by atoms with Gasteiger partial charge in [0.25, 0.3) is 0 Å². The fourth-order valence-electron chi connectivity index (χ4n) is 1.88. The topological polar surface area (TPSA) is 35.2 Å². The Morgan fingerprint density at radius 2 is 2.13 bits per heavy atom. The molecule has 1 aliphatic carbocycles. The molecule has 2 heteroatoms. The highest BCUT2D eigenvalue weighted by atomic mass is 16.5. The molecule has 2 N–H and O–H groups in total. The maximum absolute atomic E-state index is 5.81. The van der Waals surface area contributed by atoms with Gasteiger partial charge in [0.05, 0.1) is 6.61 Å². The number of nitrogens with two attached hydrogens (primary N) is 1. The zero-order chi connectivity index (χ0) is 10.7. The van der Waals surface area contributed by atoms with Crippen LogP contribution in [-0.4, -0.2) is 13.2 Å². The van der Waals surface area contributed by atoms with Gasteiger partial charge >= 0.3 is 0 Å². The predicted molar refractivity (Wildman–Crippen MR) is 61.9 cm³/mol. The second-order valence-electron chi connectivity index (χ2n) is 4.41. The van der Waals surface area contributed by atoms with Gasteiger partial charge in [-0.1, -0.05) is 18.2 Å². The second kappa shape index (κ2) is 4.67. The van der Waals surface area contributed by atoms with E-state index in [-0.39, 0.29) is 0 Å². The summed E-state index contributed by atoms with van der Waals surface area (Å²) in [5.74, 6) is 2.36. The number of hydrogen-bond acceptors (Lipinski definition) is 2. The summed E-state index contributed by atoms with van der Waals surface area (Å²) >= 11 is 0. The maximum Gasteiger partial charge on any atom is 0.122 e. The highest BCUT2D eigenvalue weighted by molar-refractivity contribution is 5.31. The Kier molecular flexibility index (Phi) is 3.27. The van der Waals surface area contributed by atoms with Crippen LogP contribution in [0.2, 0.25) is 0 Å². The standard InChI is InChI=1S/C13H19NO/c1-10-4-2-3-5-13(10)15-9-12(8-14)11-6-7-11/h2-5,11-12H,6-9,14H2,1H3. The molecular weight excluding hydrogens is 186 g/mol. The molecule has 15 heavy (non-hydrogen) atoms. The second-order valence-corrected chi connectivity index (χ2v) is 4.41. The van der Waals surface area contributed by atoms with Gasteiger partial charge < -0.3 is 10.5 Å². The molecule has 2 nitrogen and oxygen atoms in total. The van der Waals surface area contributed by atoms with Crippen LogP contribution in [0.5, 0.6) is 5.75 Å². The lowest BCUT2D eigenvalue weighted by molar-refractivity contribution is 0.234. The van der Waals surface area contributed by atoms with Crippen molar-refractivity contribution in [1.29, 1.82) is 0 Å². The van der Waals surface area contributed by atoms with Crippen molar-refractivity contribution in [3.63, 3.8) is 0 Å². The molecule has 1 fully saturated rings. The Morgan fingerprint density at radius 3 is 2.73 bits per heavy atom. The molecule has 1 saturated carbocycles. The first-order valence-electron chi connectivity index (χ1n) is 5.69. The van der Waals surface area contributed by atoms with Crippen LogP contribution in [0, 0.1) is 18.8 Å². The van der Waals surface area contributed by atoms with Crippen molar-refractivity contribution in [1.82, 2.24) is 0 Å². The van der Waals surface area contributed by atoms with E-state index in [4.69, 9.17) is 10.5 Å². The number of para-hydroxylation sites is 1. The van der Waals surface area contributed by atoms with Crippen LogP contribution < -0.4 is 10.5 Å². The summed E-state index contributed by atoms with van der Waals surface area (Å²) in [4.78, 5) is 0. The Balaban J connectivity index is 1.89. The van der Waals surface area contributed by atoms with Crippen LogP contribution in [0.3, 0.4) is 0 Å². The largest absolute Gasteiger partial charge is 0.493 e. The van der Waals surface area contributed by atoms with Gasteiger partial charge in [-0.15, -0.1) is 0 Å². The molecule has 0 bridgehead atoms. The number of hydrogen-bond donors (Lipinski definition) is 1. The third kappa shape index (κ3) is 2.72. The Bertz CT molecular complexity index is 320. The van der Waals surface area contributed by atoms with E-state index >= 15 is 0 Å². The third-order valence-corrected chi connectivity index (χ3v) is 3.14. The van der Waals surface area contributed by atoms with Crippen LogP contribution >= 0.6 is 0 Å². The van der Waals surface area contributed by atoms with E-state index in [1.54, 1.807) is 0 Å². The summed E-state index contributed by atoms with van der Waals surface area (Å²) in [6.45, 7) is 3.59. The highest BCUT2D eigenvalue weighted by Crippen LogP contribution is 2.36. The molecular formula is C13H19NO. The van der Waals surface area contributed by atoms with Crippen molar-refractivity contribution >= 4 is 0 Å². The molecule has 1 aromatic carbocycles. The lowest BCUT2D eigenvalue weighted by Crippen LogP contribution is -2.23. The summed E-state index contributed by atoms with van der Waals surface area (Å²) in [6.07, 6.45) is 2.66. The van der Waals surface area contributed by atoms with Gasteiger partial charge in [-0.05, 0) is 43.9 Å².